The van der Waals surface area contributed by atoms with Crippen molar-refractivity contribution in [2.45, 2.75) is 238 Å². The van der Waals surface area contributed by atoms with E-state index < -0.39 is 28.7 Å². The highest BCUT2D eigenvalue weighted by molar-refractivity contribution is 6.11. The molecule has 2 saturated heterocycles. The molecule has 7 fully saturated rings. The van der Waals surface area contributed by atoms with Crippen LogP contribution in [0.4, 0.5) is 0 Å². The van der Waals surface area contributed by atoms with Crippen LogP contribution in [0.15, 0.2) is 0 Å². The fourth-order valence-electron chi connectivity index (χ4n) is 9.44. The molecule has 0 spiro atoms. The molecule has 5 saturated carbocycles. The van der Waals surface area contributed by atoms with Gasteiger partial charge in [-0.05, 0) is 48.5 Å². The van der Waals surface area contributed by atoms with Gasteiger partial charge in [-0.15, -0.1) is 0 Å². The predicted molar refractivity (Wildman–Crippen MR) is 331 cm³/mol. The first kappa shape index (κ1) is 91.8. The molecule has 0 aromatic heterocycles. The fraction of sp³-hybridized carbons (Fsp3) is 0.706. The summed E-state index contributed by atoms with van der Waals surface area (Å²) >= 11 is 0. The first-order valence-corrected chi connectivity index (χ1v) is 31.4. The molecule has 0 N–H and O–H groups in total. The van der Waals surface area contributed by atoms with Crippen LogP contribution in [0.5, 0.6) is 0 Å². The number of Topliss-reactive ketones (excluding diaryl/α,β-unsaturated/α-hetero) is 12. The maximum atomic E-state index is 11.8. The highest BCUT2D eigenvalue weighted by Gasteiger charge is 2.52. The molecule has 5 aliphatic carbocycles. The standard InChI is InChI=1S/C11H16O4.C9H12O4.2C8H12O4.3C8H12O2.C6H10O2.2CO2/c1-10(2)5-8(13)11(3,6-7(10)12)9(14)15-4;1-5-3-8(11)6(4-7(5)10)9(12)13-2;2*1-5-3-7(9)12-6(2)4-8(10)11-5;3*1-5-3-8(10)6(2)4-7(5)9;1-5(7)3-4-6(2)8;2*2-1-3/h5-6H2,1-4H3;5-6H,3-4H2,1-2H3;2*5-6H,3-4H2,1-2H3;3*5-6H,3-4H2,1-2H3;3-4H2,1-2H3;;/t;;2*5-,6-;5-,6+;2*5-,6-;;;/m..10.10.../s1. The van der Waals surface area contributed by atoms with E-state index in [1.807, 2.05) is 41.5 Å². The lowest BCUT2D eigenvalue weighted by Gasteiger charge is -2.36. The predicted octanol–water partition coefficient (Wildman–Crippen LogP) is 6.10. The van der Waals surface area contributed by atoms with E-state index in [2.05, 4.69) is 9.47 Å². The van der Waals surface area contributed by atoms with Gasteiger partial charge in [0.1, 0.15) is 99.4 Å². The van der Waals surface area contributed by atoms with E-state index >= 15 is 0 Å². The number of hydrogen-bond donors (Lipinski definition) is 0. The van der Waals surface area contributed by atoms with Crippen molar-refractivity contribution in [3.63, 3.8) is 0 Å². The summed E-state index contributed by atoms with van der Waals surface area (Å²) in [6.45, 7) is 27.3. The molecule has 0 aromatic carbocycles. The Morgan fingerprint density at radius 1 is 0.365 bits per heavy atom. The number of carbonyl (C=O) groups excluding carboxylic acids is 22. The van der Waals surface area contributed by atoms with Crippen LogP contribution in [-0.4, -0.2) is 156 Å². The Morgan fingerprint density at radius 3 is 0.812 bits per heavy atom. The summed E-state index contributed by atoms with van der Waals surface area (Å²) in [6, 6.07) is 0. The van der Waals surface area contributed by atoms with Crippen LogP contribution in [0.2, 0.25) is 0 Å². The molecule has 0 radical (unpaired) electrons. The molecule has 7 rings (SSSR count). The second-order valence-corrected chi connectivity index (χ2v) is 25.7. The minimum Gasteiger partial charge on any atom is -0.468 e. The molecule has 7 aliphatic rings. The van der Waals surface area contributed by atoms with Crippen molar-refractivity contribution in [3.05, 3.63) is 0 Å². The monoisotopic (exact) mass is 1360 g/mol. The van der Waals surface area contributed by atoms with Gasteiger partial charge in [0.05, 0.1) is 39.9 Å². The molecule has 0 amide bonds. The second-order valence-electron chi connectivity index (χ2n) is 25.7. The summed E-state index contributed by atoms with van der Waals surface area (Å²) in [6.07, 6.45) is 3.42. The van der Waals surface area contributed by atoms with Gasteiger partial charge in [0.25, 0.3) is 0 Å². The van der Waals surface area contributed by atoms with E-state index in [1.165, 1.54) is 35.0 Å². The Hall–Kier alpha value is -8.38. The lowest BCUT2D eigenvalue weighted by molar-refractivity contribution is -0.193. The average molecular weight is 1360 g/mol. The molecule has 28 nitrogen and oxygen atoms in total. The Labute approximate surface area is 559 Å². The first-order chi connectivity index (χ1) is 44.2. The summed E-state index contributed by atoms with van der Waals surface area (Å²) in [4.78, 5) is 231. The van der Waals surface area contributed by atoms with Gasteiger partial charge in [0.2, 0.25) is 0 Å². The number of rotatable bonds is 5. The Balaban J connectivity index is -0.00000102. The van der Waals surface area contributed by atoms with Crippen LogP contribution < -0.4 is 0 Å². The van der Waals surface area contributed by atoms with Gasteiger partial charge >= 0.3 is 48.1 Å². The van der Waals surface area contributed by atoms with Gasteiger partial charge in [-0.2, -0.15) is 19.2 Å². The molecule has 0 aromatic rings. The van der Waals surface area contributed by atoms with Crippen LogP contribution in [0.3, 0.4) is 0 Å². The zero-order chi connectivity index (χ0) is 75.3. The van der Waals surface area contributed by atoms with Gasteiger partial charge in [-0.25, -0.2) is 0 Å². The number of cyclic esters (lactones) is 4. The third-order valence-corrected chi connectivity index (χ3v) is 15.8. The largest absolute Gasteiger partial charge is 0.468 e. The molecule has 3 unspecified atom stereocenters. The lowest BCUT2D eigenvalue weighted by Crippen LogP contribution is -2.49. The second kappa shape index (κ2) is 45.9. The Bertz CT molecular complexity index is 2560. The van der Waals surface area contributed by atoms with E-state index in [4.69, 9.17) is 38.1 Å². The van der Waals surface area contributed by atoms with Crippen LogP contribution in [0.25, 0.3) is 0 Å². The number of ketones is 12. The number of ether oxygens (including phenoxy) is 6. The lowest BCUT2D eigenvalue weighted by atomic mass is 9.64. The van der Waals surface area contributed by atoms with Crippen molar-refractivity contribution in [3.8, 4) is 0 Å². The van der Waals surface area contributed by atoms with Crippen molar-refractivity contribution in [1.29, 1.82) is 0 Å². The quantitative estimate of drug-likeness (QED) is 0.170. The molecule has 96 heavy (non-hydrogen) atoms. The Kier molecular flexibility index (Phi) is 43.9. The van der Waals surface area contributed by atoms with Crippen molar-refractivity contribution in [1.82, 2.24) is 0 Å². The summed E-state index contributed by atoms with van der Waals surface area (Å²) in [5.74, 6) is -2.52. The van der Waals surface area contributed by atoms with Crippen molar-refractivity contribution in [2.24, 2.45) is 58.2 Å². The van der Waals surface area contributed by atoms with Gasteiger partial charge in [0, 0.05) is 124 Å². The van der Waals surface area contributed by atoms with Crippen molar-refractivity contribution >= 4 is 118 Å². The zero-order valence-electron chi connectivity index (χ0n) is 58.7. The van der Waals surface area contributed by atoms with E-state index in [0.717, 1.165) is 0 Å². The number of carbonyl (C=O) groups is 18. The van der Waals surface area contributed by atoms with E-state index in [0.29, 0.717) is 51.4 Å². The van der Waals surface area contributed by atoms with Gasteiger partial charge < -0.3 is 38.0 Å². The topological polar surface area (TPSA) is 431 Å². The van der Waals surface area contributed by atoms with Crippen LogP contribution in [0.1, 0.15) is 214 Å². The molecule has 2 aliphatic heterocycles. The van der Waals surface area contributed by atoms with Crippen LogP contribution in [-0.2, 0) is 134 Å². The van der Waals surface area contributed by atoms with E-state index in [1.54, 1.807) is 48.5 Å². The van der Waals surface area contributed by atoms with Gasteiger partial charge in [0.15, 0.2) is 5.78 Å². The van der Waals surface area contributed by atoms with Crippen LogP contribution in [0, 0.1) is 58.2 Å². The first-order valence-electron chi connectivity index (χ1n) is 31.4. The SMILES string of the molecule is CC(=O)CCC(C)=O.COC(=O)C1(C)CC(=O)C(C)(C)CC1=O.COC(=O)C1CC(=O)C(C)CC1=O.C[C@@H]1CC(=O)O[C@H](C)CC(=O)O1.C[C@@H]1CC(=O)[C@@H](C)CC1=O.C[C@@H]1CC(=O)[C@H](C)CC1=O.C[C@H]1CC(=O)O[C@@H](C)CC(=O)O1.C[C@H]1CC(=O)[C@@H](C)CC1=O.O=C=O.O=C=O. The highest BCUT2D eigenvalue weighted by atomic mass is 16.6. The third kappa shape index (κ3) is 37.1. The molecular formula is C68H98O28. The molecule has 28 heteroatoms. The summed E-state index contributed by atoms with van der Waals surface area (Å²) in [5, 5.41) is 0. The Morgan fingerprint density at radius 2 is 0.594 bits per heavy atom. The molecule has 538 valence electrons. The highest BCUT2D eigenvalue weighted by Crippen LogP contribution is 2.40. The number of methoxy groups -OCH3 is 2. The third-order valence-electron chi connectivity index (χ3n) is 15.8. The zero-order valence-corrected chi connectivity index (χ0v) is 58.7. The minimum atomic E-state index is -1.28. The van der Waals surface area contributed by atoms with Crippen molar-refractivity contribution < 1.29 is 134 Å². The minimum absolute atomic E-state index is 0.00662. The fourth-order valence-corrected chi connectivity index (χ4v) is 9.44. The van der Waals surface area contributed by atoms with E-state index in [9.17, 15) is 86.3 Å². The summed E-state index contributed by atoms with van der Waals surface area (Å²) < 4.78 is 28.6. The summed E-state index contributed by atoms with van der Waals surface area (Å²) in [7, 11) is 2.45. The molecule has 13 atom stereocenters. The number of esters is 6. The number of hydrogen-bond acceptors (Lipinski definition) is 28. The average Bonchev–Trinajstić information content (AvgIpc) is 0.774. The molecule has 0 bridgehead atoms. The smallest absolute Gasteiger partial charge is 0.373 e. The van der Waals surface area contributed by atoms with Crippen molar-refractivity contribution in [2.75, 3.05) is 14.2 Å². The maximum Gasteiger partial charge on any atom is 0.373 e. The van der Waals surface area contributed by atoms with Crippen LogP contribution >= 0.6 is 0 Å². The van der Waals surface area contributed by atoms with E-state index in [-0.39, 0.29) is 223 Å². The summed E-state index contributed by atoms with van der Waals surface area (Å²) in [5.41, 5.74) is -1.92. The normalized spacial score (nSPS) is 28.2. The van der Waals surface area contributed by atoms with Gasteiger partial charge in [-0.1, -0.05) is 62.3 Å². The molecular weight excluding hydrogens is 1260 g/mol. The van der Waals surface area contributed by atoms with Gasteiger partial charge in [-0.3, -0.25) is 76.7 Å². The maximum absolute atomic E-state index is 11.8. The molecule has 2 heterocycles.